The minimum atomic E-state index is -4.43. The number of esters is 4. The molecule has 0 amide bonds. The summed E-state index contributed by atoms with van der Waals surface area (Å²) in [6, 6.07) is 21.9. The third kappa shape index (κ3) is 15.3. The van der Waals surface area contributed by atoms with E-state index in [0.29, 0.717) is 31.0 Å². The molecule has 4 rings (SSSR count). The molecule has 340 valence electrons. The van der Waals surface area contributed by atoms with Gasteiger partial charge in [-0.1, -0.05) is 63.1 Å². The van der Waals surface area contributed by atoms with Gasteiger partial charge in [0.15, 0.2) is 18.0 Å². The predicted molar refractivity (Wildman–Crippen MR) is 233 cm³/mol. The van der Waals surface area contributed by atoms with Gasteiger partial charge in [0.1, 0.15) is 34.9 Å². The number of primary sulfonamides is 1. The van der Waals surface area contributed by atoms with E-state index in [2.05, 4.69) is 15.4 Å². The minimum Gasteiger partial charge on any atom is -0.755 e. The van der Waals surface area contributed by atoms with Crippen LogP contribution in [-0.2, 0) is 49.8 Å². The van der Waals surface area contributed by atoms with Crippen LogP contribution in [0.2, 0.25) is 0 Å². The molecule has 0 saturated heterocycles. The van der Waals surface area contributed by atoms with Crippen molar-refractivity contribution in [2.75, 3.05) is 35.1 Å². The smallest absolute Gasteiger partial charge is 0.347 e. The molecule has 0 spiro atoms. The predicted octanol–water partition coefficient (Wildman–Crippen LogP) is 6.81. The fraction of sp³-hybridized carbons (Fsp3) is 0.349. The number of ether oxygens (including phenoxy) is 6. The molecule has 4 aromatic rings. The second-order valence-corrected chi connectivity index (χ2v) is 16.2. The van der Waals surface area contributed by atoms with Crippen molar-refractivity contribution < 1.29 is 64.8 Å². The number of hydrogen-bond donors (Lipinski definition) is 4. The first kappa shape index (κ1) is 49.4. The molecule has 20 heteroatoms. The average Bonchev–Trinajstić information content (AvgIpc) is 3.23. The monoisotopic (exact) mass is 911 g/mol. The van der Waals surface area contributed by atoms with Crippen LogP contribution >= 0.6 is 0 Å². The number of benzene rings is 4. The van der Waals surface area contributed by atoms with Gasteiger partial charge in [0.2, 0.25) is 10.0 Å². The van der Waals surface area contributed by atoms with Crippen molar-refractivity contribution in [2.45, 2.75) is 83.5 Å². The van der Waals surface area contributed by atoms with E-state index in [4.69, 9.17) is 33.6 Å². The zero-order valence-corrected chi connectivity index (χ0v) is 37.0. The highest BCUT2D eigenvalue weighted by atomic mass is 32.2. The fourth-order valence-corrected chi connectivity index (χ4v) is 6.55. The summed E-state index contributed by atoms with van der Waals surface area (Å²) < 4.78 is 83.9. The lowest BCUT2D eigenvalue weighted by Gasteiger charge is -2.21. The van der Waals surface area contributed by atoms with E-state index < -0.39 is 75.0 Å². The van der Waals surface area contributed by atoms with Crippen molar-refractivity contribution in [1.82, 2.24) is 0 Å². The molecule has 4 atom stereocenters. The van der Waals surface area contributed by atoms with Crippen LogP contribution in [0.3, 0.4) is 0 Å². The van der Waals surface area contributed by atoms with Gasteiger partial charge in [-0.05, 0) is 70.0 Å². The standard InChI is InChI=1S/C43H52N4O14S2/c1-6-8-20-45-34-24-37(60-30-16-12-10-13-17-30)36(47-62(52)53)22-32(34)42(50)59-29(5)41(49)57-27(3)26-56-40(48)28(4)58-43(51)33-23-39(63(44,54)55)38(25-35(33)46-21-9-7-2)61-31-18-14-11-15-19-31/h10-19,22-25,27-29,45-47H,6-9,20-21,26H2,1-5H3,(H,52,53)(H2,44,54,55)/p-1. The summed E-state index contributed by atoms with van der Waals surface area (Å²) in [6.07, 6.45) is -0.978. The van der Waals surface area contributed by atoms with Gasteiger partial charge < -0.3 is 48.3 Å². The lowest BCUT2D eigenvalue weighted by molar-refractivity contribution is -0.167. The summed E-state index contributed by atoms with van der Waals surface area (Å²) in [6.45, 7) is 8.19. The molecular formula is C43H51N4O14S2-. The summed E-state index contributed by atoms with van der Waals surface area (Å²) >= 11 is -2.80. The van der Waals surface area contributed by atoms with Crippen LogP contribution in [0, 0.1) is 0 Å². The largest absolute Gasteiger partial charge is 0.755 e. The van der Waals surface area contributed by atoms with Gasteiger partial charge in [0.25, 0.3) is 0 Å². The van der Waals surface area contributed by atoms with Crippen molar-refractivity contribution in [3.63, 3.8) is 0 Å². The highest BCUT2D eigenvalue weighted by molar-refractivity contribution is 7.89. The zero-order valence-electron chi connectivity index (χ0n) is 35.4. The number of hydrogen-bond acceptors (Lipinski definition) is 16. The molecule has 0 heterocycles. The van der Waals surface area contributed by atoms with Crippen molar-refractivity contribution in [3.05, 3.63) is 96.1 Å². The van der Waals surface area contributed by atoms with E-state index in [9.17, 15) is 36.4 Å². The molecule has 0 aliphatic rings. The first-order valence-corrected chi connectivity index (χ1v) is 22.6. The second-order valence-electron chi connectivity index (χ2n) is 14.0. The maximum absolute atomic E-state index is 13.5. The Labute approximate surface area is 368 Å². The van der Waals surface area contributed by atoms with Gasteiger partial charge in [0.05, 0.1) is 28.2 Å². The van der Waals surface area contributed by atoms with Crippen LogP contribution in [0.1, 0.15) is 81.0 Å². The van der Waals surface area contributed by atoms with Gasteiger partial charge >= 0.3 is 23.9 Å². The lowest BCUT2D eigenvalue weighted by Crippen LogP contribution is -2.33. The molecule has 0 bridgehead atoms. The van der Waals surface area contributed by atoms with Crippen LogP contribution in [0.4, 0.5) is 17.1 Å². The Kier molecular flexibility index (Phi) is 18.7. The van der Waals surface area contributed by atoms with Gasteiger partial charge in [-0.2, -0.15) is 0 Å². The van der Waals surface area contributed by atoms with E-state index in [-0.39, 0.29) is 39.7 Å². The van der Waals surface area contributed by atoms with Crippen LogP contribution in [0.15, 0.2) is 89.8 Å². The molecule has 0 aliphatic heterocycles. The van der Waals surface area contributed by atoms with E-state index in [0.717, 1.165) is 25.3 Å². The minimum absolute atomic E-state index is 0.0746. The van der Waals surface area contributed by atoms with Crippen LogP contribution in [0.5, 0.6) is 23.0 Å². The molecule has 0 fully saturated rings. The molecule has 63 heavy (non-hydrogen) atoms. The van der Waals surface area contributed by atoms with Gasteiger partial charge in [-0.15, -0.1) is 0 Å². The van der Waals surface area contributed by atoms with Crippen molar-refractivity contribution in [1.29, 1.82) is 0 Å². The summed E-state index contributed by atoms with van der Waals surface area (Å²) in [5.41, 5.74) is -0.00793. The normalized spacial score (nSPS) is 13.0. The van der Waals surface area contributed by atoms with Crippen molar-refractivity contribution in [2.24, 2.45) is 5.14 Å². The summed E-state index contributed by atoms with van der Waals surface area (Å²) in [7, 11) is -4.43. The summed E-state index contributed by atoms with van der Waals surface area (Å²) in [4.78, 5) is 52.4. The molecular weight excluding hydrogens is 861 g/mol. The molecule has 18 nitrogen and oxygen atoms in total. The van der Waals surface area contributed by atoms with Gasteiger partial charge in [0, 0.05) is 36.5 Å². The lowest BCUT2D eigenvalue weighted by atomic mass is 10.1. The maximum atomic E-state index is 13.5. The number of nitrogens with two attached hydrogens (primary N) is 1. The van der Waals surface area contributed by atoms with Gasteiger partial charge in [-0.3, -0.25) is 4.21 Å². The van der Waals surface area contributed by atoms with E-state index in [1.54, 1.807) is 60.7 Å². The third-order valence-electron chi connectivity index (χ3n) is 8.79. The third-order valence-corrected chi connectivity index (χ3v) is 10.1. The van der Waals surface area contributed by atoms with Crippen LogP contribution < -0.4 is 30.0 Å². The number of unbranched alkanes of at least 4 members (excludes halogenated alkanes) is 2. The number of carbonyl (C=O) groups is 4. The zero-order chi connectivity index (χ0) is 46.1. The number of nitrogens with one attached hydrogen (secondary N) is 3. The molecule has 4 unspecified atom stereocenters. The molecule has 0 aromatic heterocycles. The second kappa shape index (κ2) is 23.8. The van der Waals surface area contributed by atoms with Gasteiger partial charge in [-0.25, -0.2) is 32.7 Å². The quantitative estimate of drug-likeness (QED) is 0.0243. The topological polar surface area (TPSA) is 260 Å². The summed E-state index contributed by atoms with van der Waals surface area (Å²) in [5, 5.41) is 11.7. The molecule has 5 N–H and O–H groups in total. The average molecular weight is 912 g/mol. The molecule has 0 saturated carbocycles. The van der Waals surface area contributed by atoms with Crippen LogP contribution in [0.25, 0.3) is 0 Å². The Morgan fingerprint density at radius 3 is 1.65 bits per heavy atom. The number of sulfonamides is 1. The van der Waals surface area contributed by atoms with Crippen LogP contribution in [-0.4, -0.2) is 79.1 Å². The molecule has 0 radical (unpaired) electrons. The van der Waals surface area contributed by atoms with E-state index >= 15 is 0 Å². The van der Waals surface area contributed by atoms with E-state index in [1.807, 2.05) is 13.8 Å². The Hall–Kier alpha value is -6.22. The SMILES string of the molecule is CCCCNc1cc(Oc2ccccc2)c(S(N)(=O)=O)cc1C(=O)OC(C)C(=O)OCC(C)OC(=O)C(C)OC(=O)c1cc(NS(=O)[O-])c(Oc2ccccc2)cc1NCCCC. The summed E-state index contributed by atoms with van der Waals surface area (Å²) in [5.74, 6) is -3.42. The first-order chi connectivity index (χ1) is 30.0. The molecule has 4 aromatic carbocycles. The number of rotatable bonds is 24. The number of para-hydroxylation sites is 2. The highest BCUT2D eigenvalue weighted by Gasteiger charge is 2.29. The van der Waals surface area contributed by atoms with Crippen molar-refractivity contribution >= 4 is 62.2 Å². The highest BCUT2D eigenvalue weighted by Crippen LogP contribution is 2.37. The van der Waals surface area contributed by atoms with Crippen molar-refractivity contribution in [3.8, 4) is 23.0 Å². The molecule has 0 aliphatic carbocycles. The number of anilines is 3. The van der Waals surface area contributed by atoms with E-state index in [1.165, 1.54) is 39.0 Å². The Morgan fingerprint density at radius 1 is 0.683 bits per heavy atom. The number of carbonyl (C=O) groups excluding carboxylic acids is 4. The Balaban J connectivity index is 1.40. The Morgan fingerprint density at radius 2 is 1.16 bits per heavy atom. The fourth-order valence-electron chi connectivity index (χ4n) is 5.55. The first-order valence-electron chi connectivity index (χ1n) is 20.0. The Bertz CT molecular complexity index is 2330. The maximum Gasteiger partial charge on any atom is 0.347 e.